The lowest BCUT2D eigenvalue weighted by Gasteiger charge is -2.26. The quantitative estimate of drug-likeness (QED) is 0.601. The molecule has 0 radical (unpaired) electrons. The molecule has 1 heterocycles. The molecule has 2 N–H and O–H groups in total. The van der Waals surface area contributed by atoms with Crippen molar-refractivity contribution in [3.05, 3.63) is 54.1 Å². The van der Waals surface area contributed by atoms with E-state index in [1.807, 2.05) is 18.5 Å². The van der Waals surface area contributed by atoms with Crippen molar-refractivity contribution in [3.63, 3.8) is 0 Å². The second-order valence-electron chi connectivity index (χ2n) is 7.42. The first-order chi connectivity index (χ1) is 11.9. The molecule has 5 heteroatoms. The molecule has 136 valence electrons. The maximum Gasteiger partial charge on any atom is 0.191 e. The summed E-state index contributed by atoms with van der Waals surface area (Å²) in [5.74, 6) is 2.42. The highest BCUT2D eigenvalue weighted by Crippen LogP contribution is 2.21. The summed E-state index contributed by atoms with van der Waals surface area (Å²) in [6.45, 7) is 11.3. The molecule has 0 aliphatic heterocycles. The SMILES string of the molecule is CN=C(NCc1nccn1CC(C)C)NCC(C)(C)c1ccccc1. The van der Waals surface area contributed by atoms with Gasteiger partial charge < -0.3 is 15.2 Å². The van der Waals surface area contributed by atoms with Gasteiger partial charge in [0.15, 0.2) is 5.96 Å². The number of imidazole rings is 1. The van der Waals surface area contributed by atoms with Gasteiger partial charge in [0.25, 0.3) is 0 Å². The Balaban J connectivity index is 1.90. The number of nitrogens with one attached hydrogen (secondary N) is 2. The molecule has 0 aliphatic rings. The van der Waals surface area contributed by atoms with Crippen LogP contribution in [-0.4, -0.2) is 29.1 Å². The van der Waals surface area contributed by atoms with Gasteiger partial charge in [0.1, 0.15) is 5.82 Å². The first-order valence-corrected chi connectivity index (χ1v) is 8.92. The zero-order valence-corrected chi connectivity index (χ0v) is 16.1. The van der Waals surface area contributed by atoms with Crippen LogP contribution in [0.2, 0.25) is 0 Å². The molecule has 5 nitrogen and oxygen atoms in total. The fourth-order valence-corrected chi connectivity index (χ4v) is 2.75. The lowest BCUT2D eigenvalue weighted by Crippen LogP contribution is -2.43. The van der Waals surface area contributed by atoms with E-state index < -0.39 is 0 Å². The summed E-state index contributed by atoms with van der Waals surface area (Å²) < 4.78 is 2.19. The maximum atomic E-state index is 4.45. The minimum Gasteiger partial charge on any atom is -0.356 e. The van der Waals surface area contributed by atoms with Crippen molar-refractivity contribution in [3.8, 4) is 0 Å². The number of hydrogen-bond donors (Lipinski definition) is 2. The summed E-state index contributed by atoms with van der Waals surface area (Å²) in [5.41, 5.74) is 1.33. The summed E-state index contributed by atoms with van der Waals surface area (Å²) in [7, 11) is 1.80. The standard InChI is InChI=1S/C20H31N5/c1-16(2)14-25-12-11-22-18(25)13-23-19(21-5)24-15-20(3,4)17-9-7-6-8-10-17/h6-12,16H,13-15H2,1-5H3,(H2,21,23,24). The number of aromatic nitrogens is 2. The van der Waals surface area contributed by atoms with E-state index in [9.17, 15) is 0 Å². The molecule has 1 aromatic heterocycles. The topological polar surface area (TPSA) is 54.2 Å². The van der Waals surface area contributed by atoms with E-state index >= 15 is 0 Å². The van der Waals surface area contributed by atoms with E-state index in [-0.39, 0.29) is 5.41 Å². The van der Waals surface area contributed by atoms with Crippen molar-refractivity contribution >= 4 is 5.96 Å². The smallest absolute Gasteiger partial charge is 0.191 e. The van der Waals surface area contributed by atoms with Gasteiger partial charge in [-0.05, 0) is 11.5 Å². The first-order valence-electron chi connectivity index (χ1n) is 8.92. The Hall–Kier alpha value is -2.30. The zero-order chi connectivity index (χ0) is 18.3. The third-order valence-corrected chi connectivity index (χ3v) is 4.25. The predicted molar refractivity (Wildman–Crippen MR) is 105 cm³/mol. The van der Waals surface area contributed by atoms with Gasteiger partial charge in [-0.15, -0.1) is 0 Å². The van der Waals surface area contributed by atoms with Crippen LogP contribution >= 0.6 is 0 Å². The Morgan fingerprint density at radius 2 is 1.92 bits per heavy atom. The first kappa shape index (κ1) is 19.0. The van der Waals surface area contributed by atoms with Crippen molar-refractivity contribution in [2.45, 2.75) is 46.2 Å². The van der Waals surface area contributed by atoms with Gasteiger partial charge in [-0.25, -0.2) is 4.98 Å². The zero-order valence-electron chi connectivity index (χ0n) is 16.1. The molecule has 0 saturated heterocycles. The maximum absolute atomic E-state index is 4.45. The van der Waals surface area contributed by atoms with Crippen molar-refractivity contribution in [2.24, 2.45) is 10.9 Å². The number of nitrogens with zero attached hydrogens (tertiary/aromatic N) is 3. The van der Waals surface area contributed by atoms with Crippen molar-refractivity contribution in [1.29, 1.82) is 0 Å². The highest BCUT2D eigenvalue weighted by molar-refractivity contribution is 5.79. The summed E-state index contributed by atoms with van der Waals surface area (Å²) >= 11 is 0. The van der Waals surface area contributed by atoms with E-state index in [0.29, 0.717) is 12.5 Å². The molecular weight excluding hydrogens is 310 g/mol. The molecule has 0 spiro atoms. The molecule has 0 saturated carbocycles. The fourth-order valence-electron chi connectivity index (χ4n) is 2.75. The lowest BCUT2D eigenvalue weighted by atomic mass is 9.85. The average molecular weight is 342 g/mol. The highest BCUT2D eigenvalue weighted by Gasteiger charge is 2.20. The molecule has 0 bridgehead atoms. The summed E-state index contributed by atoms with van der Waals surface area (Å²) in [4.78, 5) is 8.78. The normalized spacial score (nSPS) is 12.5. The molecular formula is C20H31N5. The summed E-state index contributed by atoms with van der Waals surface area (Å²) in [5, 5.41) is 6.80. The van der Waals surface area contributed by atoms with Gasteiger partial charge in [0, 0.05) is 37.9 Å². The average Bonchev–Trinajstić information content (AvgIpc) is 3.02. The van der Waals surface area contributed by atoms with Gasteiger partial charge >= 0.3 is 0 Å². The molecule has 0 atom stereocenters. The highest BCUT2D eigenvalue weighted by atomic mass is 15.2. The van der Waals surface area contributed by atoms with E-state index in [2.05, 4.69) is 77.1 Å². The second-order valence-corrected chi connectivity index (χ2v) is 7.42. The van der Waals surface area contributed by atoms with Crippen LogP contribution in [0.1, 0.15) is 39.1 Å². The molecule has 0 unspecified atom stereocenters. The van der Waals surface area contributed by atoms with Gasteiger partial charge in [0.2, 0.25) is 0 Å². The van der Waals surface area contributed by atoms with Gasteiger partial charge in [0.05, 0.1) is 6.54 Å². The number of guanidine groups is 1. The Bertz CT molecular complexity index is 670. The number of aliphatic imine (C=N–C) groups is 1. The van der Waals surface area contributed by atoms with Crippen molar-refractivity contribution in [2.75, 3.05) is 13.6 Å². The molecule has 0 aliphatic carbocycles. The third-order valence-electron chi connectivity index (χ3n) is 4.25. The second kappa shape index (κ2) is 8.70. The van der Waals surface area contributed by atoms with Crippen LogP contribution in [0.5, 0.6) is 0 Å². The molecule has 1 aromatic carbocycles. The van der Waals surface area contributed by atoms with Crippen LogP contribution < -0.4 is 10.6 Å². The van der Waals surface area contributed by atoms with Crippen LogP contribution in [0.3, 0.4) is 0 Å². The summed E-state index contributed by atoms with van der Waals surface area (Å²) in [6.07, 6.45) is 3.89. The van der Waals surface area contributed by atoms with Gasteiger partial charge in [-0.3, -0.25) is 4.99 Å². The van der Waals surface area contributed by atoms with Crippen LogP contribution in [-0.2, 0) is 18.5 Å². The summed E-state index contributed by atoms with van der Waals surface area (Å²) in [6, 6.07) is 10.5. The number of benzene rings is 1. The monoisotopic (exact) mass is 341 g/mol. The fraction of sp³-hybridized carbons (Fsp3) is 0.500. The van der Waals surface area contributed by atoms with Crippen LogP contribution in [0, 0.1) is 5.92 Å². The van der Waals surface area contributed by atoms with Crippen LogP contribution in [0.4, 0.5) is 0 Å². The van der Waals surface area contributed by atoms with E-state index in [1.165, 1.54) is 5.56 Å². The molecule has 0 fully saturated rings. The Morgan fingerprint density at radius 1 is 1.20 bits per heavy atom. The molecule has 0 amide bonds. The van der Waals surface area contributed by atoms with E-state index in [4.69, 9.17) is 0 Å². The van der Waals surface area contributed by atoms with Gasteiger partial charge in [-0.1, -0.05) is 58.0 Å². The number of hydrogen-bond acceptors (Lipinski definition) is 2. The van der Waals surface area contributed by atoms with Crippen molar-refractivity contribution in [1.82, 2.24) is 20.2 Å². The molecule has 25 heavy (non-hydrogen) atoms. The Morgan fingerprint density at radius 3 is 2.56 bits per heavy atom. The van der Waals surface area contributed by atoms with Crippen molar-refractivity contribution < 1.29 is 0 Å². The third kappa shape index (κ3) is 5.62. The Kier molecular flexibility index (Phi) is 6.62. The predicted octanol–water partition coefficient (Wildman–Crippen LogP) is 3.18. The largest absolute Gasteiger partial charge is 0.356 e. The molecule has 2 aromatic rings. The van der Waals surface area contributed by atoms with E-state index in [0.717, 1.165) is 24.9 Å². The van der Waals surface area contributed by atoms with Crippen LogP contribution in [0.15, 0.2) is 47.7 Å². The van der Waals surface area contributed by atoms with Gasteiger partial charge in [-0.2, -0.15) is 0 Å². The Labute approximate surface area is 151 Å². The molecule has 2 rings (SSSR count). The minimum absolute atomic E-state index is 0.0228. The minimum atomic E-state index is 0.0228. The van der Waals surface area contributed by atoms with E-state index in [1.54, 1.807) is 7.05 Å². The van der Waals surface area contributed by atoms with Crippen LogP contribution in [0.25, 0.3) is 0 Å². The number of rotatable bonds is 7. The lowest BCUT2D eigenvalue weighted by molar-refractivity contribution is 0.498.